The van der Waals surface area contributed by atoms with Crippen LogP contribution in [0.4, 0.5) is 0 Å². The number of carboxylic acid groups (broad SMARTS) is 1. The minimum Gasteiger partial charge on any atom is -0.478 e. The molecule has 0 fully saturated rings. The SMILES string of the molecule is CCC(=CC=C(C)c1ccccc1)C(=O)O. The van der Waals surface area contributed by atoms with E-state index in [1.54, 1.807) is 6.08 Å². The third-order valence-electron chi connectivity index (χ3n) is 2.42. The molecule has 1 aromatic rings. The van der Waals surface area contributed by atoms with Gasteiger partial charge in [0.05, 0.1) is 0 Å². The zero-order valence-corrected chi connectivity index (χ0v) is 9.60. The van der Waals surface area contributed by atoms with E-state index in [2.05, 4.69) is 0 Å². The van der Waals surface area contributed by atoms with Crippen LogP contribution in [0.1, 0.15) is 25.8 Å². The minimum atomic E-state index is -0.848. The molecule has 1 N–H and O–H groups in total. The van der Waals surface area contributed by atoms with Gasteiger partial charge < -0.3 is 5.11 Å². The highest BCUT2D eigenvalue weighted by Gasteiger charge is 2.02. The lowest BCUT2D eigenvalue weighted by Gasteiger charge is -2.00. The number of aliphatic carboxylic acids is 1. The molecule has 1 rings (SSSR count). The lowest BCUT2D eigenvalue weighted by molar-refractivity contribution is -0.132. The smallest absolute Gasteiger partial charge is 0.331 e. The summed E-state index contributed by atoms with van der Waals surface area (Å²) in [6, 6.07) is 9.90. The fourth-order valence-corrected chi connectivity index (χ4v) is 1.36. The largest absolute Gasteiger partial charge is 0.478 e. The van der Waals surface area contributed by atoms with Crippen LogP contribution in [0, 0.1) is 0 Å². The van der Waals surface area contributed by atoms with E-state index >= 15 is 0 Å². The summed E-state index contributed by atoms with van der Waals surface area (Å²) in [5.74, 6) is -0.848. The van der Waals surface area contributed by atoms with Crippen molar-refractivity contribution < 1.29 is 9.90 Å². The van der Waals surface area contributed by atoms with E-state index < -0.39 is 5.97 Å². The molecule has 0 saturated heterocycles. The zero-order valence-electron chi connectivity index (χ0n) is 9.60. The molecule has 2 nitrogen and oxygen atoms in total. The second-order valence-corrected chi connectivity index (χ2v) is 3.57. The lowest BCUT2D eigenvalue weighted by Crippen LogP contribution is -1.98. The molecule has 1 aromatic carbocycles. The predicted octanol–water partition coefficient (Wildman–Crippen LogP) is 3.51. The van der Waals surface area contributed by atoms with Crippen LogP contribution in [0.3, 0.4) is 0 Å². The number of carbonyl (C=O) groups is 1. The van der Waals surface area contributed by atoms with Crippen LogP contribution in [0.15, 0.2) is 48.1 Å². The summed E-state index contributed by atoms with van der Waals surface area (Å²) in [5, 5.41) is 8.86. The summed E-state index contributed by atoms with van der Waals surface area (Å²) in [6.45, 7) is 3.81. The first kappa shape index (κ1) is 12.2. The predicted molar refractivity (Wildman–Crippen MR) is 66.1 cm³/mol. The number of benzene rings is 1. The van der Waals surface area contributed by atoms with Gasteiger partial charge in [-0.15, -0.1) is 0 Å². The lowest BCUT2D eigenvalue weighted by atomic mass is 10.1. The molecule has 0 aromatic heterocycles. The Morgan fingerprint density at radius 1 is 1.25 bits per heavy atom. The summed E-state index contributed by atoms with van der Waals surface area (Å²) in [6.07, 6.45) is 4.06. The summed E-state index contributed by atoms with van der Waals surface area (Å²) in [4.78, 5) is 10.8. The number of hydrogen-bond donors (Lipinski definition) is 1. The van der Waals surface area contributed by atoms with E-state index in [-0.39, 0.29) is 0 Å². The van der Waals surface area contributed by atoms with Gasteiger partial charge in [0, 0.05) is 5.57 Å². The quantitative estimate of drug-likeness (QED) is 0.617. The molecular weight excluding hydrogens is 200 g/mol. The highest BCUT2D eigenvalue weighted by atomic mass is 16.4. The summed E-state index contributed by atoms with van der Waals surface area (Å²) in [7, 11) is 0. The van der Waals surface area contributed by atoms with Crippen molar-refractivity contribution in [1.29, 1.82) is 0 Å². The summed E-state index contributed by atoms with van der Waals surface area (Å²) < 4.78 is 0. The number of carboxylic acids is 1. The molecule has 0 heterocycles. The van der Waals surface area contributed by atoms with Crippen molar-refractivity contribution in [2.24, 2.45) is 0 Å². The van der Waals surface area contributed by atoms with Gasteiger partial charge in [-0.25, -0.2) is 4.79 Å². The van der Waals surface area contributed by atoms with Crippen molar-refractivity contribution in [2.45, 2.75) is 20.3 Å². The topological polar surface area (TPSA) is 37.3 Å². The molecular formula is C14H16O2. The Morgan fingerprint density at radius 2 is 1.88 bits per heavy atom. The average molecular weight is 216 g/mol. The van der Waals surface area contributed by atoms with Crippen molar-refractivity contribution in [1.82, 2.24) is 0 Å². The zero-order chi connectivity index (χ0) is 12.0. The van der Waals surface area contributed by atoms with Crippen LogP contribution in [-0.2, 0) is 4.79 Å². The first-order valence-corrected chi connectivity index (χ1v) is 5.31. The first-order valence-electron chi connectivity index (χ1n) is 5.31. The number of hydrogen-bond acceptors (Lipinski definition) is 1. The third kappa shape index (κ3) is 3.39. The van der Waals surface area contributed by atoms with Crippen molar-refractivity contribution in [3.63, 3.8) is 0 Å². The van der Waals surface area contributed by atoms with E-state index in [9.17, 15) is 4.79 Å². The van der Waals surface area contributed by atoms with Crippen molar-refractivity contribution in [2.75, 3.05) is 0 Å². The van der Waals surface area contributed by atoms with E-state index in [4.69, 9.17) is 5.11 Å². The second kappa shape index (κ2) is 5.91. The average Bonchev–Trinajstić information content (AvgIpc) is 2.30. The Bertz CT molecular complexity index is 414. The van der Waals surface area contributed by atoms with Crippen molar-refractivity contribution in [3.05, 3.63) is 53.6 Å². The maximum absolute atomic E-state index is 10.8. The van der Waals surface area contributed by atoms with Gasteiger partial charge >= 0.3 is 5.97 Å². The molecule has 0 amide bonds. The van der Waals surface area contributed by atoms with Gasteiger partial charge in [0.2, 0.25) is 0 Å². The molecule has 0 spiro atoms. The molecule has 0 bridgehead atoms. The van der Waals surface area contributed by atoms with E-state index in [0.717, 1.165) is 11.1 Å². The molecule has 2 heteroatoms. The Balaban J connectivity index is 2.90. The second-order valence-electron chi connectivity index (χ2n) is 3.57. The maximum Gasteiger partial charge on any atom is 0.331 e. The molecule has 16 heavy (non-hydrogen) atoms. The van der Waals surface area contributed by atoms with Crippen LogP contribution >= 0.6 is 0 Å². The fourth-order valence-electron chi connectivity index (χ4n) is 1.36. The van der Waals surface area contributed by atoms with Gasteiger partial charge in [0.25, 0.3) is 0 Å². The van der Waals surface area contributed by atoms with Gasteiger partial charge in [0.15, 0.2) is 0 Å². The Labute approximate surface area is 95.9 Å². The Morgan fingerprint density at radius 3 is 2.38 bits per heavy atom. The molecule has 0 radical (unpaired) electrons. The molecule has 0 aliphatic rings. The van der Waals surface area contributed by atoms with Crippen LogP contribution in [0.5, 0.6) is 0 Å². The van der Waals surface area contributed by atoms with Crippen LogP contribution < -0.4 is 0 Å². The van der Waals surface area contributed by atoms with Crippen LogP contribution in [-0.4, -0.2) is 11.1 Å². The minimum absolute atomic E-state index is 0.426. The van der Waals surface area contributed by atoms with Crippen LogP contribution in [0.25, 0.3) is 5.57 Å². The van der Waals surface area contributed by atoms with Crippen LogP contribution in [0.2, 0.25) is 0 Å². The van der Waals surface area contributed by atoms with E-state index in [1.165, 1.54) is 0 Å². The third-order valence-corrected chi connectivity index (χ3v) is 2.42. The van der Waals surface area contributed by atoms with Gasteiger partial charge in [-0.1, -0.05) is 49.4 Å². The molecule has 84 valence electrons. The summed E-state index contributed by atoms with van der Waals surface area (Å²) in [5.41, 5.74) is 2.60. The number of allylic oxidation sites excluding steroid dienone is 3. The Kier molecular flexibility index (Phi) is 4.52. The van der Waals surface area contributed by atoms with E-state index in [0.29, 0.717) is 12.0 Å². The highest BCUT2D eigenvalue weighted by Crippen LogP contribution is 2.13. The van der Waals surface area contributed by atoms with Gasteiger partial charge in [-0.3, -0.25) is 0 Å². The monoisotopic (exact) mass is 216 g/mol. The normalized spacial score (nSPS) is 12.6. The Hall–Kier alpha value is -1.83. The highest BCUT2D eigenvalue weighted by molar-refractivity contribution is 5.87. The molecule has 0 saturated carbocycles. The summed E-state index contributed by atoms with van der Waals surface area (Å²) >= 11 is 0. The molecule has 0 aliphatic carbocycles. The van der Waals surface area contributed by atoms with E-state index in [1.807, 2.05) is 50.3 Å². The van der Waals surface area contributed by atoms with Crippen molar-refractivity contribution in [3.8, 4) is 0 Å². The standard InChI is InChI=1S/C14H16O2/c1-3-12(14(15)16)10-9-11(2)13-7-5-4-6-8-13/h4-10H,3H2,1-2H3,(H,15,16). The first-order chi connectivity index (χ1) is 7.65. The molecule has 0 aliphatic heterocycles. The van der Waals surface area contributed by atoms with Gasteiger partial charge in [0.1, 0.15) is 0 Å². The van der Waals surface area contributed by atoms with Gasteiger partial charge in [-0.05, 0) is 24.5 Å². The maximum atomic E-state index is 10.8. The van der Waals surface area contributed by atoms with Gasteiger partial charge in [-0.2, -0.15) is 0 Å². The molecule has 0 atom stereocenters. The fraction of sp³-hybridized carbons (Fsp3) is 0.214. The number of rotatable bonds is 4. The van der Waals surface area contributed by atoms with Crippen molar-refractivity contribution >= 4 is 11.5 Å². The molecule has 0 unspecified atom stereocenters.